The molecule has 0 spiro atoms. The Balaban J connectivity index is 1.98. The molecule has 76 valence electrons. The monoisotopic (exact) mass is 186 g/mol. The summed E-state index contributed by atoms with van der Waals surface area (Å²) in [7, 11) is 2.03. The fraction of sp³-hybridized carbons (Fsp3) is 0.889. The van der Waals surface area contributed by atoms with E-state index in [1.165, 1.54) is 0 Å². The van der Waals surface area contributed by atoms with Crippen molar-refractivity contribution in [2.75, 3.05) is 26.7 Å². The van der Waals surface area contributed by atoms with E-state index in [2.05, 4.69) is 17.1 Å². The summed E-state index contributed by atoms with van der Waals surface area (Å²) in [5.41, 5.74) is 0. The summed E-state index contributed by atoms with van der Waals surface area (Å²) < 4.78 is 4.96. The molecule has 0 atom stereocenters. The number of nitrogens with one attached hydrogen (secondary N) is 1. The molecule has 0 radical (unpaired) electrons. The van der Waals surface area contributed by atoms with Gasteiger partial charge in [0.05, 0.1) is 12.6 Å². The van der Waals surface area contributed by atoms with E-state index in [-0.39, 0.29) is 6.09 Å². The molecule has 0 aliphatic carbocycles. The van der Waals surface area contributed by atoms with E-state index in [0.717, 1.165) is 25.9 Å². The van der Waals surface area contributed by atoms with Gasteiger partial charge in [0.2, 0.25) is 0 Å². The highest BCUT2D eigenvalue weighted by Gasteiger charge is 2.24. The Labute approximate surface area is 79.2 Å². The van der Waals surface area contributed by atoms with Crippen molar-refractivity contribution < 1.29 is 9.53 Å². The van der Waals surface area contributed by atoms with Crippen LogP contribution in [0.25, 0.3) is 0 Å². The van der Waals surface area contributed by atoms with Crippen LogP contribution in [0.3, 0.4) is 0 Å². The van der Waals surface area contributed by atoms with Crippen LogP contribution in [0.4, 0.5) is 4.79 Å². The second kappa shape index (κ2) is 5.07. The van der Waals surface area contributed by atoms with Gasteiger partial charge in [0, 0.05) is 13.1 Å². The Bertz CT molecular complexity index is 167. The van der Waals surface area contributed by atoms with Crippen molar-refractivity contribution >= 4 is 6.09 Å². The maximum atomic E-state index is 11.1. The summed E-state index contributed by atoms with van der Waals surface area (Å²) in [5.74, 6) is 0. The van der Waals surface area contributed by atoms with Crippen molar-refractivity contribution in [1.82, 2.24) is 10.2 Å². The second-order valence-electron chi connectivity index (χ2n) is 3.55. The van der Waals surface area contributed by atoms with Crippen molar-refractivity contribution in [3.05, 3.63) is 0 Å². The molecular formula is C9H18N2O2. The Hall–Kier alpha value is -0.770. The molecule has 0 aromatic heterocycles. The highest BCUT2D eigenvalue weighted by Crippen LogP contribution is 2.03. The highest BCUT2D eigenvalue weighted by molar-refractivity contribution is 5.67. The summed E-state index contributed by atoms with van der Waals surface area (Å²) in [6.45, 7) is 4.47. The number of nitrogens with zero attached hydrogens (tertiary/aromatic N) is 1. The smallest absolute Gasteiger partial charge is 0.407 e. The van der Waals surface area contributed by atoms with Crippen LogP contribution in [0, 0.1) is 0 Å². The maximum absolute atomic E-state index is 11.1. The van der Waals surface area contributed by atoms with E-state index in [9.17, 15) is 4.79 Å². The van der Waals surface area contributed by atoms with Crippen LogP contribution in [-0.4, -0.2) is 43.8 Å². The van der Waals surface area contributed by atoms with Crippen LogP contribution in [0.1, 0.15) is 19.8 Å². The number of hydrogen-bond donors (Lipinski definition) is 1. The first-order valence-electron chi connectivity index (χ1n) is 4.84. The average molecular weight is 186 g/mol. The molecule has 0 aromatic rings. The molecule has 1 heterocycles. The summed E-state index contributed by atoms with van der Waals surface area (Å²) in [5, 5.41) is 2.80. The van der Waals surface area contributed by atoms with Gasteiger partial charge in [0.1, 0.15) is 0 Å². The normalized spacial score (nSPS) is 18.0. The lowest BCUT2D eigenvalue weighted by molar-refractivity contribution is 0.114. The van der Waals surface area contributed by atoms with Gasteiger partial charge in [-0.25, -0.2) is 4.79 Å². The Morgan fingerprint density at radius 1 is 1.62 bits per heavy atom. The first kappa shape index (κ1) is 10.3. The summed E-state index contributed by atoms with van der Waals surface area (Å²) in [6, 6.07) is 0.291. The lowest BCUT2D eigenvalue weighted by Gasteiger charge is -2.36. The Kier molecular flexibility index (Phi) is 4.02. The Morgan fingerprint density at radius 3 is 2.85 bits per heavy atom. The third kappa shape index (κ3) is 3.63. The second-order valence-corrected chi connectivity index (χ2v) is 3.55. The fourth-order valence-corrected chi connectivity index (χ4v) is 1.31. The molecule has 1 amide bonds. The number of carbonyl (C=O) groups excluding carboxylic acids is 1. The molecular weight excluding hydrogens is 168 g/mol. The molecule has 0 unspecified atom stereocenters. The molecule has 1 saturated heterocycles. The standard InChI is InChI=1S/C9H18N2O2/c1-3-4-5-13-9(12)10-8-6-11(2)7-8/h8H,3-7H2,1-2H3,(H,10,12). The van der Waals surface area contributed by atoms with Crippen molar-refractivity contribution in [2.45, 2.75) is 25.8 Å². The van der Waals surface area contributed by atoms with Crippen molar-refractivity contribution in [2.24, 2.45) is 0 Å². The minimum atomic E-state index is -0.272. The maximum Gasteiger partial charge on any atom is 0.407 e. The number of likely N-dealkylation sites (N-methyl/N-ethyl adjacent to an activating group) is 1. The lowest BCUT2D eigenvalue weighted by Crippen LogP contribution is -2.57. The van der Waals surface area contributed by atoms with Crippen LogP contribution in [0.5, 0.6) is 0 Å². The quantitative estimate of drug-likeness (QED) is 0.661. The first-order chi connectivity index (χ1) is 6.22. The average Bonchev–Trinajstić information content (AvgIpc) is 2.02. The zero-order chi connectivity index (χ0) is 9.68. The van der Waals surface area contributed by atoms with Gasteiger partial charge in [-0.3, -0.25) is 0 Å². The molecule has 4 heteroatoms. The molecule has 1 rings (SSSR count). The molecule has 1 fully saturated rings. The van der Waals surface area contributed by atoms with E-state index in [0.29, 0.717) is 12.6 Å². The molecule has 4 nitrogen and oxygen atoms in total. The molecule has 0 aromatic carbocycles. The van der Waals surface area contributed by atoms with Crippen LogP contribution in [0.2, 0.25) is 0 Å². The van der Waals surface area contributed by atoms with Gasteiger partial charge >= 0.3 is 6.09 Å². The minimum absolute atomic E-state index is 0.272. The third-order valence-corrected chi connectivity index (χ3v) is 2.12. The number of alkyl carbamates (subject to hydrolysis) is 1. The number of likely N-dealkylation sites (tertiary alicyclic amines) is 1. The number of rotatable bonds is 4. The molecule has 1 aliphatic heterocycles. The van der Waals surface area contributed by atoms with Crippen LogP contribution < -0.4 is 5.32 Å². The number of ether oxygens (including phenoxy) is 1. The van der Waals surface area contributed by atoms with Crippen LogP contribution >= 0.6 is 0 Å². The number of unbranched alkanes of at least 4 members (excludes halogenated alkanes) is 1. The predicted octanol–water partition coefficient (Wildman–Crippen LogP) is 0.827. The SMILES string of the molecule is CCCCOC(=O)NC1CN(C)C1. The predicted molar refractivity (Wildman–Crippen MR) is 50.7 cm³/mol. The van der Waals surface area contributed by atoms with Crippen molar-refractivity contribution in [1.29, 1.82) is 0 Å². The van der Waals surface area contributed by atoms with Crippen molar-refractivity contribution in [3.63, 3.8) is 0 Å². The largest absolute Gasteiger partial charge is 0.450 e. The molecule has 13 heavy (non-hydrogen) atoms. The van der Waals surface area contributed by atoms with Gasteiger partial charge in [-0.2, -0.15) is 0 Å². The molecule has 0 bridgehead atoms. The van der Waals surface area contributed by atoms with Gasteiger partial charge in [-0.05, 0) is 13.5 Å². The molecule has 1 aliphatic rings. The Morgan fingerprint density at radius 2 is 2.31 bits per heavy atom. The zero-order valence-electron chi connectivity index (χ0n) is 8.38. The van der Waals surface area contributed by atoms with Gasteiger partial charge in [0.25, 0.3) is 0 Å². The zero-order valence-corrected chi connectivity index (χ0v) is 8.38. The summed E-state index contributed by atoms with van der Waals surface area (Å²) in [4.78, 5) is 13.2. The topological polar surface area (TPSA) is 41.6 Å². The lowest BCUT2D eigenvalue weighted by atomic mass is 10.1. The molecule has 0 saturated carbocycles. The minimum Gasteiger partial charge on any atom is -0.450 e. The number of carbonyl (C=O) groups is 1. The first-order valence-corrected chi connectivity index (χ1v) is 4.84. The van der Waals surface area contributed by atoms with Gasteiger partial charge < -0.3 is 15.0 Å². The van der Waals surface area contributed by atoms with Gasteiger partial charge in [-0.15, -0.1) is 0 Å². The van der Waals surface area contributed by atoms with Crippen molar-refractivity contribution in [3.8, 4) is 0 Å². The van der Waals surface area contributed by atoms with E-state index in [4.69, 9.17) is 4.74 Å². The fourth-order valence-electron chi connectivity index (χ4n) is 1.31. The van der Waals surface area contributed by atoms with E-state index < -0.39 is 0 Å². The van der Waals surface area contributed by atoms with Gasteiger partial charge in [0.15, 0.2) is 0 Å². The summed E-state index contributed by atoms with van der Waals surface area (Å²) >= 11 is 0. The molecule has 1 N–H and O–H groups in total. The van der Waals surface area contributed by atoms with Gasteiger partial charge in [-0.1, -0.05) is 13.3 Å². The van der Waals surface area contributed by atoms with E-state index >= 15 is 0 Å². The number of amides is 1. The van der Waals surface area contributed by atoms with E-state index in [1.807, 2.05) is 7.05 Å². The van der Waals surface area contributed by atoms with E-state index in [1.54, 1.807) is 0 Å². The van der Waals surface area contributed by atoms with Crippen LogP contribution in [-0.2, 0) is 4.74 Å². The summed E-state index contributed by atoms with van der Waals surface area (Å²) in [6.07, 6.45) is 1.73. The van der Waals surface area contributed by atoms with Crippen LogP contribution in [0.15, 0.2) is 0 Å². The third-order valence-electron chi connectivity index (χ3n) is 2.12. The number of hydrogen-bond acceptors (Lipinski definition) is 3. The highest BCUT2D eigenvalue weighted by atomic mass is 16.5.